The summed E-state index contributed by atoms with van der Waals surface area (Å²) in [6.07, 6.45) is 4.99. The van der Waals surface area contributed by atoms with Crippen molar-refractivity contribution in [2.75, 3.05) is 0 Å². The van der Waals surface area contributed by atoms with Crippen LogP contribution in [0, 0.1) is 0 Å². The highest BCUT2D eigenvalue weighted by Gasteiger charge is 2.07. The van der Waals surface area contributed by atoms with Crippen LogP contribution in [-0.4, -0.2) is 15.4 Å². The average molecular weight is 146 g/mol. The van der Waals surface area contributed by atoms with Gasteiger partial charge in [-0.2, -0.15) is 0 Å². The molecule has 0 aromatic carbocycles. The van der Waals surface area contributed by atoms with Crippen LogP contribution in [0.1, 0.15) is 6.92 Å². The van der Waals surface area contributed by atoms with Gasteiger partial charge in [-0.3, -0.25) is 0 Å². The van der Waals surface area contributed by atoms with Crippen LogP contribution in [0.5, 0.6) is 0 Å². The van der Waals surface area contributed by atoms with Crippen molar-refractivity contribution in [3.8, 4) is 0 Å². The zero-order chi connectivity index (χ0) is 7.33. The summed E-state index contributed by atoms with van der Waals surface area (Å²) in [4.78, 5) is 0. The molecule has 0 bridgehead atoms. The number of hydrogen-bond acceptors (Lipinski definition) is 2. The zero-order valence-electron chi connectivity index (χ0n) is 5.28. The van der Waals surface area contributed by atoms with Gasteiger partial charge in [-0.15, -0.1) is 9.24 Å². The normalized spacial score (nSPS) is 13.6. The predicted octanol–water partition coefficient (Wildman–Crippen LogP) is 1.76. The third-order valence-electron chi connectivity index (χ3n) is 0.867. The summed E-state index contributed by atoms with van der Waals surface area (Å²) in [5.41, 5.74) is 0. The maximum Gasteiger partial charge on any atom is 0.0763 e. The van der Waals surface area contributed by atoms with Crippen LogP contribution >= 0.6 is 9.24 Å². The highest BCUT2D eigenvalue weighted by atomic mass is 31.0. The second-order valence-electron chi connectivity index (χ2n) is 2.00. The Balaban J connectivity index is 4.01. The van der Waals surface area contributed by atoms with Gasteiger partial charge in [-0.05, 0) is 19.1 Å². The maximum absolute atomic E-state index is 8.32. The molecule has 9 heavy (non-hydrogen) atoms. The predicted molar refractivity (Wildman–Crippen MR) is 41.7 cm³/mol. The summed E-state index contributed by atoms with van der Waals surface area (Å²) in [5, 5.41) is 16.3. The monoisotopic (exact) mass is 146 g/mol. The van der Waals surface area contributed by atoms with E-state index in [2.05, 4.69) is 9.24 Å². The van der Waals surface area contributed by atoms with E-state index in [-0.39, 0.29) is 5.16 Å². The molecule has 2 N–H and O–H groups in total. The maximum atomic E-state index is 8.32. The van der Waals surface area contributed by atoms with Crippen molar-refractivity contribution in [3.63, 3.8) is 0 Å². The molecule has 0 rings (SSSR count). The highest BCUT2D eigenvalue weighted by Crippen LogP contribution is 2.19. The number of aliphatic hydroxyl groups is 2. The third kappa shape index (κ3) is 4.04. The molecule has 0 aliphatic rings. The van der Waals surface area contributed by atoms with Gasteiger partial charge in [0, 0.05) is 5.16 Å². The number of hydrogen-bond donors (Lipinski definition) is 2. The second-order valence-corrected chi connectivity index (χ2v) is 3.24. The van der Waals surface area contributed by atoms with Crippen LogP contribution < -0.4 is 0 Å². The SMILES string of the molecule is CC(P)(/C=C/O)/C=C/O. The van der Waals surface area contributed by atoms with E-state index in [0.29, 0.717) is 0 Å². The van der Waals surface area contributed by atoms with Crippen LogP contribution in [0.25, 0.3) is 0 Å². The van der Waals surface area contributed by atoms with Gasteiger partial charge in [0.05, 0.1) is 12.5 Å². The Kier molecular flexibility index (Phi) is 3.33. The van der Waals surface area contributed by atoms with Crippen LogP contribution in [0.2, 0.25) is 0 Å². The van der Waals surface area contributed by atoms with Crippen LogP contribution in [0.15, 0.2) is 24.7 Å². The fourth-order valence-electron chi connectivity index (χ4n) is 0.377. The standard InChI is InChI=1S/C6H11O2P/c1-6(9,2-4-7)3-5-8/h2-5,7-8H,9H2,1H3/b4-2+,5-3+. The topological polar surface area (TPSA) is 40.5 Å². The van der Waals surface area contributed by atoms with E-state index in [1.807, 2.05) is 6.92 Å². The molecule has 0 aromatic rings. The van der Waals surface area contributed by atoms with Crippen LogP contribution in [0.4, 0.5) is 0 Å². The van der Waals surface area contributed by atoms with Crippen molar-refractivity contribution in [1.29, 1.82) is 0 Å². The Bertz CT molecular complexity index is 113. The molecule has 0 saturated carbocycles. The van der Waals surface area contributed by atoms with Gasteiger partial charge in [0.2, 0.25) is 0 Å². The Hall–Kier alpha value is -0.490. The smallest absolute Gasteiger partial charge is 0.0763 e. The van der Waals surface area contributed by atoms with Crippen molar-refractivity contribution in [2.45, 2.75) is 12.1 Å². The van der Waals surface area contributed by atoms with E-state index in [1.54, 1.807) is 12.2 Å². The minimum atomic E-state index is -0.344. The van der Waals surface area contributed by atoms with E-state index < -0.39 is 0 Å². The number of aliphatic hydroxyl groups excluding tert-OH is 2. The molecule has 0 heterocycles. The summed E-state index contributed by atoms with van der Waals surface area (Å²) in [7, 11) is 2.46. The van der Waals surface area contributed by atoms with Crippen molar-refractivity contribution in [3.05, 3.63) is 24.7 Å². The van der Waals surface area contributed by atoms with E-state index in [4.69, 9.17) is 10.2 Å². The van der Waals surface area contributed by atoms with E-state index in [1.165, 1.54) is 0 Å². The first-order valence-corrected chi connectivity index (χ1v) is 3.13. The highest BCUT2D eigenvalue weighted by molar-refractivity contribution is 7.19. The largest absolute Gasteiger partial charge is 0.516 e. The Labute approximate surface area is 57.1 Å². The lowest BCUT2D eigenvalue weighted by atomic mass is 10.2. The molecule has 0 saturated heterocycles. The minimum Gasteiger partial charge on any atom is -0.516 e. The Morgan fingerprint density at radius 2 is 1.56 bits per heavy atom. The van der Waals surface area contributed by atoms with E-state index in [0.717, 1.165) is 12.5 Å². The summed E-state index contributed by atoms with van der Waals surface area (Å²) in [6.45, 7) is 1.83. The van der Waals surface area contributed by atoms with Gasteiger partial charge in [-0.1, -0.05) is 0 Å². The summed E-state index contributed by atoms with van der Waals surface area (Å²) < 4.78 is 0. The third-order valence-corrected chi connectivity index (χ3v) is 1.25. The van der Waals surface area contributed by atoms with Gasteiger partial charge < -0.3 is 10.2 Å². The molecule has 0 aromatic heterocycles. The molecule has 0 fully saturated rings. The quantitative estimate of drug-likeness (QED) is 0.460. The van der Waals surface area contributed by atoms with Crippen LogP contribution in [-0.2, 0) is 0 Å². The minimum absolute atomic E-state index is 0.344. The summed E-state index contributed by atoms with van der Waals surface area (Å²) in [6, 6.07) is 0. The fourth-order valence-corrected chi connectivity index (χ4v) is 0.549. The molecule has 1 atom stereocenters. The van der Waals surface area contributed by atoms with E-state index in [9.17, 15) is 0 Å². The molecular formula is C6H11O2P. The lowest BCUT2D eigenvalue weighted by Crippen LogP contribution is -2.05. The first-order chi connectivity index (χ1) is 4.12. The molecule has 52 valence electrons. The van der Waals surface area contributed by atoms with Gasteiger partial charge in [-0.25, -0.2) is 0 Å². The van der Waals surface area contributed by atoms with Crippen molar-refractivity contribution in [2.24, 2.45) is 0 Å². The van der Waals surface area contributed by atoms with Crippen molar-refractivity contribution in [1.82, 2.24) is 0 Å². The summed E-state index contributed by atoms with van der Waals surface area (Å²) >= 11 is 0. The Morgan fingerprint density at radius 1 is 1.22 bits per heavy atom. The molecule has 1 unspecified atom stereocenters. The molecule has 0 amide bonds. The average Bonchev–Trinajstić information content (AvgIpc) is 1.64. The molecule has 0 radical (unpaired) electrons. The zero-order valence-corrected chi connectivity index (χ0v) is 6.44. The number of allylic oxidation sites excluding steroid dienone is 2. The van der Waals surface area contributed by atoms with E-state index >= 15 is 0 Å². The van der Waals surface area contributed by atoms with Gasteiger partial charge in [0.25, 0.3) is 0 Å². The molecule has 0 aliphatic heterocycles. The molecule has 2 nitrogen and oxygen atoms in total. The van der Waals surface area contributed by atoms with Gasteiger partial charge in [0.1, 0.15) is 0 Å². The summed E-state index contributed by atoms with van der Waals surface area (Å²) in [5.74, 6) is 0. The van der Waals surface area contributed by atoms with Crippen molar-refractivity contribution >= 4 is 9.24 Å². The molecule has 0 aliphatic carbocycles. The second kappa shape index (κ2) is 3.52. The number of rotatable bonds is 2. The first kappa shape index (κ1) is 8.51. The molecule has 3 heteroatoms. The lowest BCUT2D eigenvalue weighted by molar-refractivity contribution is 0.464. The fraction of sp³-hybridized carbons (Fsp3) is 0.333. The van der Waals surface area contributed by atoms with Gasteiger partial charge in [0.15, 0.2) is 0 Å². The Morgan fingerprint density at radius 3 is 1.78 bits per heavy atom. The lowest BCUT2D eigenvalue weighted by Gasteiger charge is -2.11. The van der Waals surface area contributed by atoms with Gasteiger partial charge >= 0.3 is 0 Å². The van der Waals surface area contributed by atoms with Crippen LogP contribution in [0.3, 0.4) is 0 Å². The van der Waals surface area contributed by atoms with Crippen molar-refractivity contribution < 1.29 is 10.2 Å². The first-order valence-electron chi connectivity index (χ1n) is 2.55. The molecular weight excluding hydrogens is 135 g/mol. The molecule has 0 spiro atoms.